The Morgan fingerprint density at radius 2 is 1.90 bits per heavy atom. The monoisotopic (exact) mass is 299 g/mol. The lowest BCUT2D eigenvalue weighted by Gasteiger charge is -2.12. The zero-order valence-electron chi connectivity index (χ0n) is 12.2. The second kappa shape index (κ2) is 5.58. The molecule has 0 aliphatic carbocycles. The minimum atomic E-state index is -0.195. The quantitative estimate of drug-likeness (QED) is 0.731. The first-order valence-corrected chi connectivity index (χ1v) is 7.85. The number of thiophene rings is 1. The highest BCUT2D eigenvalue weighted by molar-refractivity contribution is 7.19. The molecule has 3 aromatic rings. The highest BCUT2D eigenvalue weighted by Crippen LogP contribution is 2.31. The largest absolute Gasteiger partial charge is 0.323 e. The van der Waals surface area contributed by atoms with Gasteiger partial charge in [-0.15, -0.1) is 11.3 Å². The van der Waals surface area contributed by atoms with E-state index in [0.29, 0.717) is 0 Å². The van der Waals surface area contributed by atoms with Gasteiger partial charge in [0.05, 0.1) is 0 Å². The van der Waals surface area contributed by atoms with E-state index in [1.165, 1.54) is 22.8 Å². The summed E-state index contributed by atoms with van der Waals surface area (Å²) in [6.07, 6.45) is 0.808. The Morgan fingerprint density at radius 3 is 2.71 bits per heavy atom. The summed E-state index contributed by atoms with van der Waals surface area (Å²) in [7, 11) is 0. The van der Waals surface area contributed by atoms with Crippen LogP contribution in [0.2, 0.25) is 0 Å². The van der Waals surface area contributed by atoms with Gasteiger partial charge in [-0.3, -0.25) is 0 Å². The lowest BCUT2D eigenvalue weighted by molar-refractivity contribution is 0.630. The van der Waals surface area contributed by atoms with Gasteiger partial charge in [0.1, 0.15) is 5.82 Å². The van der Waals surface area contributed by atoms with E-state index in [1.54, 1.807) is 17.4 Å². The Labute approximate surface area is 128 Å². The van der Waals surface area contributed by atoms with Gasteiger partial charge < -0.3 is 5.73 Å². The van der Waals surface area contributed by atoms with E-state index in [1.807, 2.05) is 6.07 Å². The highest BCUT2D eigenvalue weighted by atomic mass is 32.1. The lowest BCUT2D eigenvalue weighted by atomic mass is 9.98. The zero-order chi connectivity index (χ0) is 15.0. The molecule has 1 nitrogen and oxygen atoms in total. The second-order valence-electron chi connectivity index (χ2n) is 5.57. The third-order valence-electron chi connectivity index (χ3n) is 3.81. The molecule has 2 N–H and O–H groups in total. The van der Waals surface area contributed by atoms with Crippen LogP contribution in [0.15, 0.2) is 42.5 Å². The van der Waals surface area contributed by atoms with E-state index in [4.69, 9.17) is 5.73 Å². The first-order chi connectivity index (χ1) is 10.0. The number of rotatable bonds is 3. The molecule has 3 rings (SSSR count). The molecule has 0 saturated heterocycles. The Kier molecular flexibility index (Phi) is 3.79. The predicted octanol–water partition coefficient (Wildman–Crippen LogP) is 4.90. The maximum atomic E-state index is 13.3. The number of nitrogens with two attached hydrogens (primary N) is 1. The van der Waals surface area contributed by atoms with Crippen LogP contribution in [0.1, 0.15) is 27.6 Å². The fourth-order valence-corrected chi connectivity index (χ4v) is 3.66. The van der Waals surface area contributed by atoms with Crippen molar-refractivity contribution >= 4 is 21.4 Å². The molecule has 0 fully saturated rings. The van der Waals surface area contributed by atoms with E-state index in [-0.39, 0.29) is 11.9 Å². The normalized spacial score (nSPS) is 12.8. The van der Waals surface area contributed by atoms with Crippen LogP contribution in [0.25, 0.3) is 10.1 Å². The molecule has 2 aromatic carbocycles. The van der Waals surface area contributed by atoms with Crippen LogP contribution in [0.3, 0.4) is 0 Å². The van der Waals surface area contributed by atoms with Gasteiger partial charge in [0.25, 0.3) is 0 Å². The molecular formula is C18H18FNS. The average Bonchev–Trinajstić information content (AvgIpc) is 2.86. The summed E-state index contributed by atoms with van der Waals surface area (Å²) in [5, 5.41) is 1.06. The molecule has 1 unspecified atom stereocenters. The van der Waals surface area contributed by atoms with Gasteiger partial charge in [-0.25, -0.2) is 4.39 Å². The van der Waals surface area contributed by atoms with Crippen molar-refractivity contribution in [3.05, 3.63) is 69.8 Å². The van der Waals surface area contributed by atoms with Gasteiger partial charge in [0.15, 0.2) is 0 Å². The van der Waals surface area contributed by atoms with Crippen molar-refractivity contribution in [2.24, 2.45) is 5.73 Å². The maximum absolute atomic E-state index is 13.3. The Balaban J connectivity index is 1.89. The molecule has 0 aliphatic heterocycles. The molecule has 1 aromatic heterocycles. The van der Waals surface area contributed by atoms with Crippen molar-refractivity contribution in [1.82, 2.24) is 0 Å². The first kappa shape index (κ1) is 14.2. The van der Waals surface area contributed by atoms with Crippen molar-refractivity contribution in [3.8, 4) is 0 Å². The van der Waals surface area contributed by atoms with E-state index >= 15 is 0 Å². The van der Waals surface area contributed by atoms with Gasteiger partial charge in [0.2, 0.25) is 0 Å². The van der Waals surface area contributed by atoms with Crippen molar-refractivity contribution in [2.45, 2.75) is 26.3 Å². The van der Waals surface area contributed by atoms with Gasteiger partial charge in [-0.2, -0.15) is 0 Å². The fourth-order valence-electron chi connectivity index (χ4n) is 2.57. The van der Waals surface area contributed by atoms with Crippen molar-refractivity contribution in [2.75, 3.05) is 0 Å². The minimum Gasteiger partial charge on any atom is -0.323 e. The van der Waals surface area contributed by atoms with Crippen molar-refractivity contribution in [3.63, 3.8) is 0 Å². The summed E-state index contributed by atoms with van der Waals surface area (Å²) in [6.45, 7) is 4.21. The molecule has 108 valence electrons. The minimum absolute atomic E-state index is 0.0500. The fraction of sp³-hybridized carbons (Fsp3) is 0.222. The molecule has 21 heavy (non-hydrogen) atoms. The zero-order valence-corrected chi connectivity index (χ0v) is 13.0. The van der Waals surface area contributed by atoms with E-state index < -0.39 is 0 Å². The molecule has 0 spiro atoms. The Morgan fingerprint density at radius 1 is 1.10 bits per heavy atom. The molecule has 0 amide bonds. The Hall–Kier alpha value is -1.71. The van der Waals surface area contributed by atoms with Gasteiger partial charge in [-0.05, 0) is 55.0 Å². The number of aryl methyl sites for hydroxylation is 2. The molecule has 0 bridgehead atoms. The molecule has 3 heteroatoms. The van der Waals surface area contributed by atoms with Crippen LogP contribution in [-0.2, 0) is 6.42 Å². The number of halogens is 1. The van der Waals surface area contributed by atoms with Crippen LogP contribution in [-0.4, -0.2) is 0 Å². The molecule has 0 aliphatic rings. The summed E-state index contributed by atoms with van der Waals surface area (Å²) < 4.78 is 14.2. The SMILES string of the molecule is Cc1ccc(C)c(CC(N)c2cc3ccc(F)cc3s2)c1. The molecule has 0 radical (unpaired) electrons. The third kappa shape index (κ3) is 2.99. The van der Waals surface area contributed by atoms with Crippen LogP contribution in [0, 0.1) is 19.7 Å². The molecule has 1 heterocycles. The smallest absolute Gasteiger partial charge is 0.124 e. The van der Waals surface area contributed by atoms with E-state index in [0.717, 1.165) is 21.4 Å². The molecule has 1 atom stereocenters. The van der Waals surface area contributed by atoms with Gasteiger partial charge in [0, 0.05) is 15.6 Å². The van der Waals surface area contributed by atoms with Crippen LogP contribution in [0.5, 0.6) is 0 Å². The van der Waals surface area contributed by atoms with Crippen LogP contribution >= 0.6 is 11.3 Å². The van der Waals surface area contributed by atoms with Crippen molar-refractivity contribution in [1.29, 1.82) is 0 Å². The van der Waals surface area contributed by atoms with Crippen LogP contribution < -0.4 is 5.73 Å². The third-order valence-corrected chi connectivity index (χ3v) is 5.04. The summed E-state index contributed by atoms with van der Waals surface area (Å²) in [4.78, 5) is 1.11. The summed E-state index contributed by atoms with van der Waals surface area (Å²) in [5.74, 6) is -0.195. The number of hydrogen-bond acceptors (Lipinski definition) is 2. The summed E-state index contributed by atoms with van der Waals surface area (Å²) >= 11 is 1.58. The molecule has 0 saturated carbocycles. The Bertz CT molecular complexity index is 791. The number of hydrogen-bond donors (Lipinski definition) is 1. The maximum Gasteiger partial charge on any atom is 0.124 e. The average molecular weight is 299 g/mol. The summed E-state index contributed by atoms with van der Waals surface area (Å²) in [6, 6.07) is 13.4. The molecular weight excluding hydrogens is 281 g/mol. The van der Waals surface area contributed by atoms with Gasteiger partial charge >= 0.3 is 0 Å². The van der Waals surface area contributed by atoms with E-state index in [2.05, 4.69) is 38.1 Å². The number of benzene rings is 2. The predicted molar refractivity (Wildman–Crippen MR) is 88.3 cm³/mol. The topological polar surface area (TPSA) is 26.0 Å². The van der Waals surface area contributed by atoms with E-state index in [9.17, 15) is 4.39 Å². The standard InChI is InChI=1S/C18H18FNS/c1-11-3-4-12(2)14(7-11)8-16(20)18-9-13-5-6-15(19)10-17(13)21-18/h3-7,9-10,16H,8,20H2,1-2H3. The highest BCUT2D eigenvalue weighted by Gasteiger charge is 2.12. The van der Waals surface area contributed by atoms with Crippen LogP contribution in [0.4, 0.5) is 4.39 Å². The lowest BCUT2D eigenvalue weighted by Crippen LogP contribution is -2.12. The number of fused-ring (bicyclic) bond motifs is 1. The van der Waals surface area contributed by atoms with Crippen molar-refractivity contribution < 1.29 is 4.39 Å². The summed E-state index contributed by atoms with van der Waals surface area (Å²) in [5.41, 5.74) is 10.2. The van der Waals surface area contributed by atoms with Gasteiger partial charge in [-0.1, -0.05) is 29.8 Å². The second-order valence-corrected chi connectivity index (χ2v) is 6.69. The first-order valence-electron chi connectivity index (χ1n) is 7.03.